The van der Waals surface area contributed by atoms with E-state index in [9.17, 15) is 4.39 Å². The Hall–Kier alpha value is -3.87. The highest BCUT2D eigenvalue weighted by Gasteiger charge is 2.45. The molecule has 2 atom stereocenters. The van der Waals surface area contributed by atoms with Crippen LogP contribution < -0.4 is 15.0 Å². The summed E-state index contributed by atoms with van der Waals surface area (Å²) in [6.07, 6.45) is 14.1. The first-order valence-corrected chi connectivity index (χ1v) is 16.0. The van der Waals surface area contributed by atoms with Gasteiger partial charge in [0.05, 0.1) is 16.5 Å². The van der Waals surface area contributed by atoms with Gasteiger partial charge < -0.3 is 15.0 Å². The highest BCUT2D eigenvalue weighted by Crippen LogP contribution is 2.40. The summed E-state index contributed by atoms with van der Waals surface area (Å²) in [7, 11) is 0. The second kappa shape index (κ2) is 11.6. The Kier molecular flexibility index (Phi) is 7.59. The first-order valence-electron chi connectivity index (χ1n) is 16.0. The molecule has 0 radical (unpaired) electrons. The first-order chi connectivity index (χ1) is 21.5. The number of nitrogens with one attached hydrogen (secondary N) is 1. The van der Waals surface area contributed by atoms with Crippen molar-refractivity contribution in [3.8, 4) is 29.6 Å². The first kappa shape index (κ1) is 28.9. The van der Waals surface area contributed by atoms with Crippen molar-refractivity contribution in [3.05, 3.63) is 53.7 Å². The molecule has 6 heterocycles. The van der Waals surface area contributed by atoms with Crippen LogP contribution in [0, 0.1) is 24.0 Å². The molecule has 9 heteroatoms. The average Bonchev–Trinajstić information content (AvgIpc) is 3.74. The molecule has 228 valence electrons. The number of nitrogens with zero attached hydrogens (tertiary/aromatic N) is 5. The van der Waals surface area contributed by atoms with Gasteiger partial charge in [-0.25, -0.2) is 8.78 Å². The SMILES string of the molecule is C#Cc1c(F)ccc2cccc(-c3ncc4c(N5CC6CCC(C5)N6)nc(OCC56CCCN5CCC6)nc4c3F)c12.CC. The summed E-state index contributed by atoms with van der Waals surface area (Å²) in [6.45, 7) is 8.21. The minimum atomic E-state index is -0.597. The maximum atomic E-state index is 16.7. The third kappa shape index (κ3) is 4.76. The van der Waals surface area contributed by atoms with E-state index in [1.165, 1.54) is 6.07 Å². The summed E-state index contributed by atoms with van der Waals surface area (Å²) in [4.78, 5) is 18.9. The number of rotatable bonds is 5. The molecule has 44 heavy (non-hydrogen) atoms. The van der Waals surface area contributed by atoms with Crippen LogP contribution in [0.15, 0.2) is 36.5 Å². The Bertz CT molecular complexity index is 1750. The number of ether oxygens (including phenoxy) is 1. The zero-order valence-corrected chi connectivity index (χ0v) is 25.4. The van der Waals surface area contributed by atoms with E-state index in [-0.39, 0.29) is 28.3 Å². The van der Waals surface area contributed by atoms with Crippen molar-refractivity contribution in [2.24, 2.45) is 0 Å². The van der Waals surface area contributed by atoms with E-state index in [0.29, 0.717) is 46.2 Å². The number of terminal acetylenes is 1. The summed E-state index contributed by atoms with van der Waals surface area (Å²) >= 11 is 0. The molecule has 0 saturated carbocycles. The fourth-order valence-corrected chi connectivity index (χ4v) is 7.84. The zero-order chi connectivity index (χ0) is 30.4. The number of hydrogen-bond acceptors (Lipinski definition) is 7. The highest BCUT2D eigenvalue weighted by molar-refractivity contribution is 6.02. The van der Waals surface area contributed by atoms with Crippen LogP contribution in [0.1, 0.15) is 57.9 Å². The van der Waals surface area contributed by atoms with Crippen LogP contribution in [0.25, 0.3) is 32.9 Å². The largest absolute Gasteiger partial charge is 0.461 e. The van der Waals surface area contributed by atoms with Crippen LogP contribution >= 0.6 is 0 Å². The number of hydrogen-bond donors (Lipinski definition) is 1. The molecule has 2 bridgehead atoms. The molecule has 4 aliphatic heterocycles. The van der Waals surface area contributed by atoms with Gasteiger partial charge in [-0.3, -0.25) is 9.88 Å². The maximum absolute atomic E-state index is 16.7. The molecule has 4 fully saturated rings. The number of benzene rings is 2. The third-order valence-corrected chi connectivity index (χ3v) is 9.83. The molecule has 2 unspecified atom stereocenters. The predicted molar refractivity (Wildman–Crippen MR) is 170 cm³/mol. The fourth-order valence-electron chi connectivity index (χ4n) is 7.84. The summed E-state index contributed by atoms with van der Waals surface area (Å²) in [5.74, 6) is 1.97. The Morgan fingerprint density at radius 3 is 2.52 bits per heavy atom. The Balaban J connectivity index is 0.00000153. The van der Waals surface area contributed by atoms with Crippen molar-refractivity contribution < 1.29 is 13.5 Å². The number of halogens is 2. The van der Waals surface area contributed by atoms with E-state index in [1.807, 2.05) is 19.9 Å². The second-order valence-electron chi connectivity index (χ2n) is 12.2. The zero-order valence-electron chi connectivity index (χ0n) is 25.4. The minimum absolute atomic E-state index is 0.00718. The number of piperazine rings is 1. The predicted octanol–water partition coefficient (Wildman–Crippen LogP) is 6.08. The number of fused-ring (bicyclic) bond motifs is 5. The molecule has 1 N–H and O–H groups in total. The summed E-state index contributed by atoms with van der Waals surface area (Å²) in [6, 6.07) is 9.25. The van der Waals surface area contributed by atoms with Crippen molar-refractivity contribution in [2.45, 2.75) is 70.0 Å². The van der Waals surface area contributed by atoms with Crippen LogP contribution in [0.5, 0.6) is 6.01 Å². The smallest absolute Gasteiger partial charge is 0.319 e. The van der Waals surface area contributed by atoms with Gasteiger partial charge in [0.2, 0.25) is 0 Å². The standard InChI is InChI=1S/C33H32F2N6O.C2H6/c1-2-23-26(34)11-8-20-6-3-7-24(27(20)23)29-28(35)30-25(16-36-29)31(40-17-21-9-10-22(18-40)37-21)39-32(38-30)42-19-33-12-4-14-41(33)15-5-13-33;1-2/h1,3,6-8,11,16,21-22,37H,4-5,9-10,12-15,17-19H2;1-2H3. The molecule has 7 nitrogen and oxygen atoms in total. The molecule has 2 aromatic heterocycles. The van der Waals surface area contributed by atoms with Gasteiger partial charge in [0.15, 0.2) is 5.82 Å². The minimum Gasteiger partial charge on any atom is -0.461 e. The van der Waals surface area contributed by atoms with Crippen molar-refractivity contribution in [1.29, 1.82) is 0 Å². The fraction of sp³-hybridized carbons (Fsp3) is 0.457. The van der Waals surface area contributed by atoms with E-state index in [4.69, 9.17) is 16.1 Å². The quantitative estimate of drug-likeness (QED) is 0.280. The van der Waals surface area contributed by atoms with E-state index in [1.54, 1.807) is 24.4 Å². The third-order valence-electron chi connectivity index (χ3n) is 9.83. The van der Waals surface area contributed by atoms with E-state index in [0.717, 1.165) is 64.7 Å². The van der Waals surface area contributed by atoms with E-state index in [2.05, 4.69) is 31.0 Å². The molecule has 2 aromatic carbocycles. The van der Waals surface area contributed by atoms with Crippen molar-refractivity contribution in [2.75, 3.05) is 37.7 Å². The molecule has 0 spiro atoms. The van der Waals surface area contributed by atoms with Crippen LogP contribution in [0.3, 0.4) is 0 Å². The monoisotopic (exact) mass is 596 g/mol. The van der Waals surface area contributed by atoms with Gasteiger partial charge in [0.1, 0.15) is 29.5 Å². The number of pyridine rings is 1. The molecule has 8 rings (SSSR count). The van der Waals surface area contributed by atoms with Gasteiger partial charge in [0, 0.05) is 42.3 Å². The van der Waals surface area contributed by atoms with Gasteiger partial charge in [0.25, 0.3) is 0 Å². The Labute approximate surface area is 257 Å². The molecule has 4 aromatic rings. The van der Waals surface area contributed by atoms with Crippen LogP contribution in [0.4, 0.5) is 14.6 Å². The molecule has 4 saturated heterocycles. The molecule has 4 aliphatic rings. The number of anilines is 1. The average molecular weight is 597 g/mol. The molecule has 0 amide bonds. The lowest BCUT2D eigenvalue weighted by molar-refractivity contribution is 0.108. The molecular formula is C35H38F2N6O. The lowest BCUT2D eigenvalue weighted by atomic mass is 9.95. The second-order valence-corrected chi connectivity index (χ2v) is 12.2. The van der Waals surface area contributed by atoms with Crippen molar-refractivity contribution >= 4 is 27.5 Å². The van der Waals surface area contributed by atoms with Gasteiger partial charge >= 0.3 is 6.01 Å². The summed E-state index contributed by atoms with van der Waals surface area (Å²) in [5, 5.41) is 5.36. The van der Waals surface area contributed by atoms with Crippen LogP contribution in [-0.4, -0.2) is 70.3 Å². The summed E-state index contributed by atoms with van der Waals surface area (Å²) in [5.41, 5.74) is 0.739. The molecular weight excluding hydrogens is 558 g/mol. The van der Waals surface area contributed by atoms with Crippen molar-refractivity contribution in [1.82, 2.24) is 25.2 Å². The van der Waals surface area contributed by atoms with Crippen LogP contribution in [-0.2, 0) is 0 Å². The van der Waals surface area contributed by atoms with Gasteiger partial charge in [-0.05, 0) is 63.1 Å². The Morgan fingerprint density at radius 1 is 1.05 bits per heavy atom. The van der Waals surface area contributed by atoms with E-state index >= 15 is 4.39 Å². The topological polar surface area (TPSA) is 66.4 Å². The van der Waals surface area contributed by atoms with Gasteiger partial charge in [-0.2, -0.15) is 9.97 Å². The summed E-state index contributed by atoms with van der Waals surface area (Å²) < 4.78 is 37.8. The van der Waals surface area contributed by atoms with Crippen LogP contribution in [0.2, 0.25) is 0 Å². The number of aromatic nitrogens is 3. The van der Waals surface area contributed by atoms with Gasteiger partial charge in [-0.15, -0.1) is 6.42 Å². The normalized spacial score (nSPS) is 22.1. The highest BCUT2D eigenvalue weighted by atomic mass is 19.1. The lowest BCUT2D eigenvalue weighted by Gasteiger charge is -2.34. The van der Waals surface area contributed by atoms with Crippen molar-refractivity contribution in [3.63, 3.8) is 0 Å². The van der Waals surface area contributed by atoms with E-state index < -0.39 is 11.6 Å². The Morgan fingerprint density at radius 2 is 1.80 bits per heavy atom. The molecule has 0 aliphatic carbocycles. The maximum Gasteiger partial charge on any atom is 0.319 e. The lowest BCUT2D eigenvalue weighted by Crippen LogP contribution is -2.51. The van der Waals surface area contributed by atoms with Gasteiger partial charge in [-0.1, -0.05) is 44.0 Å².